The van der Waals surface area contributed by atoms with Gasteiger partial charge < -0.3 is 24.7 Å². The van der Waals surface area contributed by atoms with E-state index in [1.165, 1.54) is 4.57 Å². The molecule has 0 radical (unpaired) electrons. The van der Waals surface area contributed by atoms with Gasteiger partial charge >= 0.3 is 0 Å². The summed E-state index contributed by atoms with van der Waals surface area (Å²) in [5, 5.41) is 30.6. The molecule has 1 aliphatic carbocycles. The Morgan fingerprint density at radius 3 is 2.79 bits per heavy atom. The van der Waals surface area contributed by atoms with Gasteiger partial charge in [-0.1, -0.05) is 0 Å². The molecule has 8 heteroatoms. The molecule has 1 saturated carbocycles. The number of aliphatic hydroxyl groups is 1. The third-order valence-electron chi connectivity index (χ3n) is 5.03. The molecule has 0 bridgehead atoms. The summed E-state index contributed by atoms with van der Waals surface area (Å²) in [6, 6.07) is 8.45. The Hall–Kier alpha value is -3.52. The Balaban J connectivity index is 1.79. The number of nitrogens with one attached hydrogen (secondary N) is 1. The van der Waals surface area contributed by atoms with Crippen molar-refractivity contribution < 1.29 is 24.5 Å². The largest absolute Gasteiger partial charge is 0.503 e. The van der Waals surface area contributed by atoms with E-state index < -0.39 is 11.6 Å². The van der Waals surface area contributed by atoms with Crippen LogP contribution < -0.4 is 0 Å². The monoisotopic (exact) mass is 379 g/mol. The number of aromatic nitrogens is 3. The highest BCUT2D eigenvalue weighted by atomic mass is 16.4. The molecule has 28 heavy (non-hydrogen) atoms. The Morgan fingerprint density at radius 1 is 1.25 bits per heavy atom. The zero-order chi connectivity index (χ0) is 19.4. The summed E-state index contributed by atoms with van der Waals surface area (Å²) in [5.41, 5.74) is 2.29. The molecule has 4 N–H and O–H groups in total. The number of benzene rings is 1. The van der Waals surface area contributed by atoms with Crippen molar-refractivity contribution in [3.63, 3.8) is 0 Å². The summed E-state index contributed by atoms with van der Waals surface area (Å²) >= 11 is 0. The maximum Gasteiger partial charge on any atom is 0.240 e. The molecule has 142 valence electrons. The number of imidazole rings is 1. The van der Waals surface area contributed by atoms with Gasteiger partial charge in [0.1, 0.15) is 18.1 Å². The minimum Gasteiger partial charge on any atom is -0.503 e. The van der Waals surface area contributed by atoms with Crippen LogP contribution in [0.3, 0.4) is 0 Å². The number of furan rings is 1. The molecule has 1 aliphatic rings. The summed E-state index contributed by atoms with van der Waals surface area (Å²) in [5.74, 6) is -0.726. The lowest BCUT2D eigenvalue weighted by atomic mass is 10.1. The average molecular weight is 379 g/mol. The van der Waals surface area contributed by atoms with Crippen LogP contribution in [-0.4, -0.2) is 35.6 Å². The van der Waals surface area contributed by atoms with Crippen LogP contribution >= 0.6 is 0 Å². The van der Waals surface area contributed by atoms with Gasteiger partial charge in [0, 0.05) is 5.92 Å². The Kier molecular flexibility index (Phi) is 3.56. The fourth-order valence-electron chi connectivity index (χ4n) is 3.47. The summed E-state index contributed by atoms with van der Waals surface area (Å²) in [6.45, 7) is -0.301. The Labute approximate surface area is 158 Å². The van der Waals surface area contributed by atoms with Gasteiger partial charge in [0.15, 0.2) is 17.3 Å². The maximum atomic E-state index is 12.9. The summed E-state index contributed by atoms with van der Waals surface area (Å²) < 4.78 is 7.03. The van der Waals surface area contributed by atoms with Gasteiger partial charge in [-0.15, -0.1) is 0 Å². The van der Waals surface area contributed by atoms with E-state index in [0.29, 0.717) is 11.4 Å². The van der Waals surface area contributed by atoms with Crippen LogP contribution in [0.1, 0.15) is 29.0 Å². The van der Waals surface area contributed by atoms with Crippen molar-refractivity contribution in [2.75, 3.05) is 0 Å². The lowest BCUT2D eigenvalue weighted by Crippen LogP contribution is -2.04. The molecule has 0 aliphatic heterocycles. The molecule has 0 spiro atoms. The first-order valence-corrected chi connectivity index (χ1v) is 8.92. The fraction of sp³-hybridized carbons (Fsp3) is 0.200. The molecule has 3 heterocycles. The molecule has 4 aromatic rings. The predicted octanol–water partition coefficient (Wildman–Crippen LogP) is 3.11. The number of hydrogen-bond donors (Lipinski definition) is 4. The van der Waals surface area contributed by atoms with Crippen LogP contribution in [0, 0.1) is 5.92 Å². The van der Waals surface area contributed by atoms with E-state index in [-0.39, 0.29) is 35.3 Å². The predicted molar refractivity (Wildman–Crippen MR) is 99.4 cm³/mol. The second-order valence-corrected chi connectivity index (χ2v) is 6.90. The van der Waals surface area contributed by atoms with Crippen molar-refractivity contribution in [3.8, 4) is 28.8 Å². The average Bonchev–Trinajstić information content (AvgIpc) is 3.16. The molecule has 1 fully saturated rings. The van der Waals surface area contributed by atoms with Gasteiger partial charge in [0.2, 0.25) is 5.88 Å². The molecule has 0 atom stereocenters. The summed E-state index contributed by atoms with van der Waals surface area (Å²) in [4.78, 5) is 20.1. The van der Waals surface area contributed by atoms with Crippen LogP contribution in [0.15, 0.2) is 41.1 Å². The number of aliphatic hydroxyl groups excluding tert-OH is 1. The van der Waals surface area contributed by atoms with E-state index in [0.717, 1.165) is 23.9 Å². The zero-order valence-corrected chi connectivity index (χ0v) is 14.7. The number of nitrogens with zero attached hydrogens (tertiary/aromatic N) is 2. The summed E-state index contributed by atoms with van der Waals surface area (Å²) in [7, 11) is 0. The standard InChI is InChI=1S/C20H17N3O5/c24-8-12-4-6-15(28-12)17-16(18(25)10-1-2-10)19(26)20(27)23(17)11-3-5-13-14(7-11)22-9-21-13/h3-7,9-10,24,26-27H,1-2,8H2,(H,21,22). The molecular weight excluding hydrogens is 362 g/mol. The van der Waals surface area contributed by atoms with Crippen molar-refractivity contribution in [1.29, 1.82) is 0 Å². The molecule has 8 nitrogen and oxygen atoms in total. The number of ketones is 1. The number of aromatic hydroxyl groups is 2. The highest BCUT2D eigenvalue weighted by Gasteiger charge is 2.38. The second kappa shape index (κ2) is 6.00. The third kappa shape index (κ3) is 2.42. The van der Waals surface area contributed by atoms with E-state index in [1.807, 2.05) is 0 Å². The van der Waals surface area contributed by atoms with Crippen molar-refractivity contribution >= 4 is 16.8 Å². The SMILES string of the molecule is O=C(c1c(O)c(O)n(-c2ccc3nc[nH]c3c2)c1-c1ccc(CO)o1)C1CC1. The van der Waals surface area contributed by atoms with E-state index in [2.05, 4.69) is 9.97 Å². The fourth-order valence-corrected chi connectivity index (χ4v) is 3.47. The molecule has 0 amide bonds. The molecular formula is C20H17N3O5. The number of fused-ring (bicyclic) bond motifs is 1. The van der Waals surface area contributed by atoms with Gasteiger partial charge in [-0.05, 0) is 43.2 Å². The van der Waals surface area contributed by atoms with Gasteiger partial charge in [-0.2, -0.15) is 0 Å². The van der Waals surface area contributed by atoms with Crippen LogP contribution in [0.2, 0.25) is 0 Å². The van der Waals surface area contributed by atoms with Crippen molar-refractivity contribution in [2.24, 2.45) is 5.92 Å². The normalized spacial score (nSPS) is 14.0. The molecule has 1 aromatic carbocycles. The zero-order valence-electron chi connectivity index (χ0n) is 14.7. The van der Waals surface area contributed by atoms with Crippen LogP contribution in [0.25, 0.3) is 28.2 Å². The van der Waals surface area contributed by atoms with Crippen LogP contribution in [-0.2, 0) is 6.61 Å². The van der Waals surface area contributed by atoms with Crippen LogP contribution in [0.5, 0.6) is 11.6 Å². The lowest BCUT2D eigenvalue weighted by molar-refractivity contribution is 0.0965. The number of carbonyl (C=O) groups excluding carboxylic acids is 1. The number of hydrogen-bond acceptors (Lipinski definition) is 6. The third-order valence-corrected chi connectivity index (χ3v) is 5.03. The Bertz CT molecular complexity index is 1210. The second-order valence-electron chi connectivity index (χ2n) is 6.90. The molecule has 0 unspecified atom stereocenters. The van der Waals surface area contributed by atoms with Crippen molar-refractivity contribution in [2.45, 2.75) is 19.4 Å². The molecule has 0 saturated heterocycles. The number of rotatable bonds is 5. The first-order valence-electron chi connectivity index (χ1n) is 8.92. The van der Waals surface area contributed by atoms with Crippen molar-refractivity contribution in [3.05, 3.63) is 48.0 Å². The minimum absolute atomic E-state index is 0.0311. The highest BCUT2D eigenvalue weighted by molar-refractivity contribution is 6.07. The van der Waals surface area contributed by atoms with E-state index in [1.54, 1.807) is 36.7 Å². The topological polar surface area (TPSA) is 125 Å². The maximum absolute atomic E-state index is 12.9. The van der Waals surface area contributed by atoms with Crippen molar-refractivity contribution in [1.82, 2.24) is 14.5 Å². The van der Waals surface area contributed by atoms with E-state index in [9.17, 15) is 20.1 Å². The summed E-state index contributed by atoms with van der Waals surface area (Å²) in [6.07, 6.45) is 3.07. The first kappa shape index (κ1) is 16.6. The first-order chi connectivity index (χ1) is 13.6. The highest BCUT2D eigenvalue weighted by Crippen LogP contribution is 2.47. The quantitative estimate of drug-likeness (QED) is 0.395. The number of aromatic amines is 1. The van der Waals surface area contributed by atoms with Gasteiger partial charge in [-0.3, -0.25) is 9.36 Å². The molecule has 3 aromatic heterocycles. The van der Waals surface area contributed by atoms with Gasteiger partial charge in [-0.25, -0.2) is 4.98 Å². The Morgan fingerprint density at radius 2 is 2.07 bits per heavy atom. The number of carbonyl (C=O) groups is 1. The smallest absolute Gasteiger partial charge is 0.240 e. The minimum atomic E-state index is -0.474. The van der Waals surface area contributed by atoms with E-state index >= 15 is 0 Å². The van der Waals surface area contributed by atoms with E-state index in [4.69, 9.17) is 4.42 Å². The number of H-pyrrole nitrogens is 1. The van der Waals surface area contributed by atoms with Gasteiger partial charge in [0.25, 0.3) is 0 Å². The van der Waals surface area contributed by atoms with Gasteiger partial charge in [0.05, 0.1) is 28.6 Å². The lowest BCUT2D eigenvalue weighted by Gasteiger charge is -2.10. The molecule has 5 rings (SSSR count). The van der Waals surface area contributed by atoms with Crippen LogP contribution in [0.4, 0.5) is 0 Å². The number of Topliss-reactive ketones (excluding diaryl/α,β-unsaturated/α-hetero) is 1.